The van der Waals surface area contributed by atoms with Crippen LogP contribution in [0.1, 0.15) is 40.5 Å². The number of hydrogen-bond acceptors (Lipinski definition) is 2. The largest absolute Gasteiger partial charge is 0.448 e. The third-order valence-corrected chi connectivity index (χ3v) is 1.07. The first kappa shape index (κ1) is 10.2. The van der Waals surface area contributed by atoms with E-state index in [4.69, 9.17) is 4.42 Å². The number of oxazole rings is 1. The zero-order chi connectivity index (χ0) is 8.91. The van der Waals surface area contributed by atoms with Crippen molar-refractivity contribution in [3.8, 4) is 0 Å². The molecule has 1 aromatic heterocycles. The average molecular weight is 155 g/mol. The van der Waals surface area contributed by atoms with Gasteiger partial charge in [0.1, 0.15) is 6.26 Å². The lowest BCUT2D eigenvalue weighted by atomic mass is 9.97. The second kappa shape index (κ2) is 4.16. The molecule has 1 rings (SSSR count). The lowest BCUT2D eigenvalue weighted by Crippen LogP contribution is -2.10. The van der Waals surface area contributed by atoms with E-state index >= 15 is 0 Å². The van der Waals surface area contributed by atoms with Gasteiger partial charge in [0.15, 0.2) is 5.89 Å². The Hall–Kier alpha value is -0.790. The first-order chi connectivity index (χ1) is 5.11. The van der Waals surface area contributed by atoms with Gasteiger partial charge in [-0.15, -0.1) is 0 Å². The maximum Gasteiger partial charge on any atom is 0.199 e. The maximum absolute atomic E-state index is 5.09. The second-order valence-corrected chi connectivity index (χ2v) is 3.09. The summed E-state index contributed by atoms with van der Waals surface area (Å²) >= 11 is 0. The monoisotopic (exact) mass is 155 g/mol. The van der Waals surface area contributed by atoms with E-state index in [1.54, 1.807) is 12.5 Å². The SMILES string of the molecule is CC.CC(C)(C)c1ncco1. The van der Waals surface area contributed by atoms with Gasteiger partial charge in [0.2, 0.25) is 0 Å². The van der Waals surface area contributed by atoms with Gasteiger partial charge in [-0.25, -0.2) is 4.98 Å². The van der Waals surface area contributed by atoms with E-state index in [0.717, 1.165) is 5.89 Å². The summed E-state index contributed by atoms with van der Waals surface area (Å²) in [5.74, 6) is 0.794. The Morgan fingerprint density at radius 2 is 1.82 bits per heavy atom. The summed E-state index contributed by atoms with van der Waals surface area (Å²) in [6.45, 7) is 10.2. The molecule has 11 heavy (non-hydrogen) atoms. The predicted octanol–water partition coefficient (Wildman–Crippen LogP) is 3.00. The highest BCUT2D eigenvalue weighted by Gasteiger charge is 2.17. The minimum absolute atomic E-state index is 0.0451. The van der Waals surface area contributed by atoms with Crippen LogP contribution >= 0.6 is 0 Å². The molecule has 0 aromatic carbocycles. The molecule has 0 saturated carbocycles. The van der Waals surface area contributed by atoms with Gasteiger partial charge in [0.05, 0.1) is 6.20 Å². The zero-order valence-electron chi connectivity index (χ0n) is 8.01. The van der Waals surface area contributed by atoms with E-state index in [1.807, 2.05) is 13.8 Å². The van der Waals surface area contributed by atoms with E-state index in [1.165, 1.54) is 0 Å². The molecule has 0 bridgehead atoms. The van der Waals surface area contributed by atoms with E-state index in [-0.39, 0.29) is 5.41 Å². The molecule has 0 aliphatic carbocycles. The van der Waals surface area contributed by atoms with E-state index in [0.29, 0.717) is 0 Å². The minimum atomic E-state index is 0.0451. The molecule has 0 aliphatic rings. The third kappa shape index (κ3) is 3.21. The number of nitrogens with zero attached hydrogens (tertiary/aromatic N) is 1. The highest BCUT2D eigenvalue weighted by Crippen LogP contribution is 2.18. The van der Waals surface area contributed by atoms with Crippen molar-refractivity contribution in [3.63, 3.8) is 0 Å². The molecule has 64 valence electrons. The number of hydrogen-bond donors (Lipinski definition) is 0. The van der Waals surface area contributed by atoms with Crippen LogP contribution in [-0.2, 0) is 5.41 Å². The van der Waals surface area contributed by atoms with Crippen LogP contribution in [-0.4, -0.2) is 4.98 Å². The van der Waals surface area contributed by atoms with Crippen molar-refractivity contribution >= 4 is 0 Å². The summed E-state index contributed by atoms with van der Waals surface area (Å²) in [5.41, 5.74) is 0.0451. The first-order valence-electron chi connectivity index (χ1n) is 4.00. The van der Waals surface area contributed by atoms with Gasteiger partial charge in [0.25, 0.3) is 0 Å². The highest BCUT2D eigenvalue weighted by molar-refractivity contribution is 4.95. The van der Waals surface area contributed by atoms with Crippen LogP contribution in [0.2, 0.25) is 0 Å². The molecule has 0 fully saturated rings. The molecule has 2 heteroatoms. The van der Waals surface area contributed by atoms with Gasteiger partial charge in [-0.1, -0.05) is 34.6 Å². The Morgan fingerprint density at radius 3 is 2.00 bits per heavy atom. The normalized spacial score (nSPS) is 10.3. The second-order valence-electron chi connectivity index (χ2n) is 3.09. The molecule has 0 N–H and O–H groups in total. The summed E-state index contributed by atoms with van der Waals surface area (Å²) in [7, 11) is 0. The number of rotatable bonds is 0. The topological polar surface area (TPSA) is 26.0 Å². The van der Waals surface area contributed by atoms with Crippen LogP contribution in [0.5, 0.6) is 0 Å². The van der Waals surface area contributed by atoms with Gasteiger partial charge >= 0.3 is 0 Å². The molecule has 1 heterocycles. The molecular weight excluding hydrogens is 138 g/mol. The predicted molar refractivity (Wildman–Crippen MR) is 46.6 cm³/mol. The molecule has 1 aromatic rings. The fourth-order valence-corrected chi connectivity index (χ4v) is 0.594. The van der Waals surface area contributed by atoms with Crippen LogP contribution in [0.4, 0.5) is 0 Å². The van der Waals surface area contributed by atoms with Crippen molar-refractivity contribution in [2.45, 2.75) is 40.0 Å². The first-order valence-corrected chi connectivity index (χ1v) is 4.00. The van der Waals surface area contributed by atoms with Crippen molar-refractivity contribution in [2.24, 2.45) is 0 Å². The van der Waals surface area contributed by atoms with E-state index in [9.17, 15) is 0 Å². The fraction of sp³-hybridized carbons (Fsp3) is 0.667. The van der Waals surface area contributed by atoms with E-state index in [2.05, 4.69) is 25.8 Å². The highest BCUT2D eigenvalue weighted by atomic mass is 16.3. The number of aromatic nitrogens is 1. The van der Waals surface area contributed by atoms with Gasteiger partial charge < -0.3 is 4.42 Å². The van der Waals surface area contributed by atoms with Gasteiger partial charge in [-0.3, -0.25) is 0 Å². The third-order valence-electron chi connectivity index (χ3n) is 1.07. The molecule has 0 amide bonds. The van der Waals surface area contributed by atoms with Crippen molar-refractivity contribution in [3.05, 3.63) is 18.4 Å². The summed E-state index contributed by atoms with van der Waals surface area (Å²) in [4.78, 5) is 4.02. The standard InChI is InChI=1S/C7H11NO.C2H6/c1-7(2,3)6-8-4-5-9-6;1-2/h4-5H,1-3H3;1-2H3. The fourth-order valence-electron chi connectivity index (χ4n) is 0.594. The molecular formula is C9H17NO. The Morgan fingerprint density at radius 1 is 1.27 bits per heavy atom. The van der Waals surface area contributed by atoms with Crippen LogP contribution < -0.4 is 0 Å². The Labute approximate surface area is 68.6 Å². The lowest BCUT2D eigenvalue weighted by Gasteiger charge is -2.11. The molecule has 0 atom stereocenters. The summed E-state index contributed by atoms with van der Waals surface area (Å²) < 4.78 is 5.09. The minimum Gasteiger partial charge on any atom is -0.448 e. The molecule has 2 nitrogen and oxygen atoms in total. The Balaban J connectivity index is 0.000000461. The van der Waals surface area contributed by atoms with Crippen LogP contribution in [0.3, 0.4) is 0 Å². The molecule has 0 unspecified atom stereocenters. The van der Waals surface area contributed by atoms with Crippen LogP contribution in [0.25, 0.3) is 0 Å². The Bertz CT molecular complexity index is 172. The summed E-state index contributed by atoms with van der Waals surface area (Å²) in [6, 6.07) is 0. The smallest absolute Gasteiger partial charge is 0.199 e. The zero-order valence-corrected chi connectivity index (χ0v) is 8.01. The van der Waals surface area contributed by atoms with Crippen molar-refractivity contribution in [1.29, 1.82) is 0 Å². The van der Waals surface area contributed by atoms with Crippen molar-refractivity contribution < 1.29 is 4.42 Å². The summed E-state index contributed by atoms with van der Waals surface area (Å²) in [5, 5.41) is 0. The van der Waals surface area contributed by atoms with Gasteiger partial charge in [0, 0.05) is 5.41 Å². The van der Waals surface area contributed by atoms with Crippen LogP contribution in [0.15, 0.2) is 16.9 Å². The summed E-state index contributed by atoms with van der Waals surface area (Å²) in [6.07, 6.45) is 3.27. The maximum atomic E-state index is 5.09. The molecule has 0 aliphatic heterocycles. The Kier molecular flexibility index (Phi) is 3.86. The quantitative estimate of drug-likeness (QED) is 0.575. The lowest BCUT2D eigenvalue weighted by molar-refractivity contribution is 0.392. The van der Waals surface area contributed by atoms with Crippen molar-refractivity contribution in [1.82, 2.24) is 4.98 Å². The van der Waals surface area contributed by atoms with Gasteiger partial charge in [-0.2, -0.15) is 0 Å². The van der Waals surface area contributed by atoms with Gasteiger partial charge in [-0.05, 0) is 0 Å². The average Bonchev–Trinajstić information content (AvgIpc) is 2.40. The molecule has 0 spiro atoms. The molecule has 0 radical (unpaired) electrons. The molecule has 0 saturated heterocycles. The van der Waals surface area contributed by atoms with Crippen LogP contribution in [0, 0.1) is 0 Å². The van der Waals surface area contributed by atoms with E-state index < -0.39 is 0 Å². The van der Waals surface area contributed by atoms with Crippen molar-refractivity contribution in [2.75, 3.05) is 0 Å².